The second-order valence-corrected chi connectivity index (χ2v) is 5.47. The van der Waals surface area contributed by atoms with Gasteiger partial charge in [0.1, 0.15) is 5.82 Å². The largest absolute Gasteiger partial charge is 0.383 e. The van der Waals surface area contributed by atoms with Crippen molar-refractivity contribution in [2.24, 2.45) is 7.05 Å². The molecule has 2 aromatic rings. The third-order valence-electron chi connectivity index (χ3n) is 3.20. The number of rotatable bonds is 2. The van der Waals surface area contributed by atoms with Gasteiger partial charge >= 0.3 is 0 Å². The van der Waals surface area contributed by atoms with Crippen LogP contribution in [0.1, 0.15) is 24.5 Å². The van der Waals surface area contributed by atoms with Crippen LogP contribution < -0.4 is 5.73 Å². The lowest BCUT2D eigenvalue weighted by Gasteiger charge is -2.04. The molecule has 0 amide bonds. The molecule has 0 aliphatic heterocycles. The normalized spacial score (nSPS) is 15.2. The lowest BCUT2D eigenvalue weighted by atomic mass is 10.0. The number of nitrogens with two attached hydrogens (primary N) is 1. The van der Waals surface area contributed by atoms with E-state index in [1.807, 2.05) is 19.2 Å². The first kappa shape index (κ1) is 10.8. The number of benzene rings is 1. The first-order valence-corrected chi connectivity index (χ1v) is 6.54. The van der Waals surface area contributed by atoms with Crippen molar-refractivity contribution in [3.05, 3.63) is 34.4 Å². The van der Waals surface area contributed by atoms with Crippen molar-refractivity contribution >= 4 is 21.7 Å². The zero-order valence-electron chi connectivity index (χ0n) is 9.65. The molecule has 1 aliphatic carbocycles. The number of nitrogen functional groups attached to an aromatic ring is 1. The summed E-state index contributed by atoms with van der Waals surface area (Å²) in [7, 11) is 1.91. The third-order valence-corrected chi connectivity index (χ3v) is 3.69. The van der Waals surface area contributed by atoms with Gasteiger partial charge in [0.15, 0.2) is 0 Å². The van der Waals surface area contributed by atoms with Crippen LogP contribution in [0.2, 0.25) is 0 Å². The number of halogens is 1. The van der Waals surface area contributed by atoms with Crippen LogP contribution in [0, 0.1) is 0 Å². The molecule has 1 fully saturated rings. The molecular weight excluding hydrogens is 278 g/mol. The zero-order chi connectivity index (χ0) is 12.0. The first-order chi connectivity index (χ1) is 8.16. The lowest BCUT2D eigenvalue weighted by Crippen LogP contribution is -1.97. The van der Waals surface area contributed by atoms with E-state index in [9.17, 15) is 0 Å². The molecule has 1 aliphatic rings. The van der Waals surface area contributed by atoms with Gasteiger partial charge in [0.2, 0.25) is 0 Å². The molecule has 0 radical (unpaired) electrons. The monoisotopic (exact) mass is 291 g/mol. The highest BCUT2D eigenvalue weighted by atomic mass is 79.9. The molecule has 1 aromatic heterocycles. The number of hydrogen-bond acceptors (Lipinski definition) is 2. The smallest absolute Gasteiger partial charge is 0.129 e. The molecule has 3 rings (SSSR count). The van der Waals surface area contributed by atoms with Gasteiger partial charge in [0.25, 0.3) is 0 Å². The van der Waals surface area contributed by atoms with Crippen LogP contribution in [0.5, 0.6) is 0 Å². The molecule has 0 saturated heterocycles. The Morgan fingerprint density at radius 3 is 2.82 bits per heavy atom. The highest BCUT2D eigenvalue weighted by Crippen LogP contribution is 2.45. The van der Waals surface area contributed by atoms with E-state index in [0.717, 1.165) is 27.1 Å². The predicted octanol–water partition coefficient (Wildman–Crippen LogP) is 3.31. The summed E-state index contributed by atoms with van der Waals surface area (Å²) in [6, 6.07) is 8.23. The van der Waals surface area contributed by atoms with Gasteiger partial charge in [0.05, 0.1) is 5.69 Å². The summed E-state index contributed by atoms with van der Waals surface area (Å²) in [6.07, 6.45) is 2.47. The minimum Gasteiger partial charge on any atom is -0.383 e. The molecule has 2 N–H and O–H groups in total. The molecule has 0 atom stereocenters. The van der Waals surface area contributed by atoms with E-state index in [2.05, 4.69) is 33.2 Å². The van der Waals surface area contributed by atoms with E-state index in [4.69, 9.17) is 5.73 Å². The fourth-order valence-corrected chi connectivity index (χ4v) is 2.54. The molecule has 4 heteroatoms. The second-order valence-electron chi connectivity index (χ2n) is 4.55. The van der Waals surface area contributed by atoms with E-state index < -0.39 is 0 Å². The fraction of sp³-hybridized carbons (Fsp3) is 0.308. The Bertz CT molecular complexity index is 570. The highest BCUT2D eigenvalue weighted by molar-refractivity contribution is 9.10. The average Bonchev–Trinajstić information content (AvgIpc) is 3.08. The van der Waals surface area contributed by atoms with Gasteiger partial charge in [-0.05, 0) is 30.5 Å². The zero-order valence-corrected chi connectivity index (χ0v) is 11.2. The Kier molecular flexibility index (Phi) is 2.47. The molecular formula is C13H14BrN3. The van der Waals surface area contributed by atoms with Crippen LogP contribution in [0.15, 0.2) is 28.7 Å². The van der Waals surface area contributed by atoms with Crippen molar-refractivity contribution in [3.8, 4) is 11.1 Å². The fourth-order valence-electron chi connectivity index (χ4n) is 2.14. The molecule has 17 heavy (non-hydrogen) atoms. The molecule has 0 spiro atoms. The molecule has 0 bridgehead atoms. The topological polar surface area (TPSA) is 43.8 Å². The van der Waals surface area contributed by atoms with E-state index >= 15 is 0 Å². The predicted molar refractivity (Wildman–Crippen MR) is 72.7 cm³/mol. The summed E-state index contributed by atoms with van der Waals surface area (Å²) in [6.45, 7) is 0. The highest BCUT2D eigenvalue weighted by Gasteiger charge is 2.31. The molecule has 1 aromatic carbocycles. The van der Waals surface area contributed by atoms with Gasteiger partial charge in [-0.3, -0.25) is 4.68 Å². The Balaban J connectivity index is 2.18. The van der Waals surface area contributed by atoms with Crippen molar-refractivity contribution in [1.29, 1.82) is 0 Å². The number of aromatic nitrogens is 2. The second kappa shape index (κ2) is 3.88. The number of anilines is 1. The quantitative estimate of drug-likeness (QED) is 0.923. The van der Waals surface area contributed by atoms with Crippen molar-refractivity contribution in [2.45, 2.75) is 18.8 Å². The Morgan fingerprint density at radius 1 is 1.41 bits per heavy atom. The van der Waals surface area contributed by atoms with Gasteiger partial charge < -0.3 is 5.73 Å². The van der Waals surface area contributed by atoms with E-state index in [1.165, 1.54) is 12.8 Å². The lowest BCUT2D eigenvalue weighted by molar-refractivity contribution is 0.753. The van der Waals surface area contributed by atoms with Crippen LogP contribution in [0.4, 0.5) is 5.82 Å². The van der Waals surface area contributed by atoms with Crippen molar-refractivity contribution in [1.82, 2.24) is 9.78 Å². The van der Waals surface area contributed by atoms with Crippen LogP contribution >= 0.6 is 15.9 Å². The number of nitrogens with zero attached hydrogens (tertiary/aromatic N) is 2. The van der Waals surface area contributed by atoms with E-state index in [-0.39, 0.29) is 0 Å². The third kappa shape index (κ3) is 1.86. The van der Waals surface area contributed by atoms with Gasteiger partial charge in [0, 0.05) is 23.0 Å². The summed E-state index contributed by atoms with van der Waals surface area (Å²) >= 11 is 3.50. The minimum atomic E-state index is 0.604. The molecule has 3 nitrogen and oxygen atoms in total. The van der Waals surface area contributed by atoms with Gasteiger partial charge in [-0.25, -0.2) is 0 Å². The maximum absolute atomic E-state index is 6.14. The van der Waals surface area contributed by atoms with Gasteiger partial charge in [-0.2, -0.15) is 5.10 Å². The van der Waals surface area contributed by atoms with Crippen LogP contribution in [0.3, 0.4) is 0 Å². The average molecular weight is 292 g/mol. The SMILES string of the molecule is Cn1nc(C2CC2)c(-c2cccc(Br)c2)c1N. The summed E-state index contributed by atoms with van der Waals surface area (Å²) < 4.78 is 2.85. The van der Waals surface area contributed by atoms with E-state index in [0.29, 0.717) is 5.92 Å². The van der Waals surface area contributed by atoms with Gasteiger partial charge in [-0.15, -0.1) is 0 Å². The summed E-state index contributed by atoms with van der Waals surface area (Å²) in [5.74, 6) is 1.36. The summed E-state index contributed by atoms with van der Waals surface area (Å²) in [5.41, 5.74) is 9.54. The number of aryl methyl sites for hydroxylation is 1. The van der Waals surface area contributed by atoms with Crippen molar-refractivity contribution in [2.75, 3.05) is 5.73 Å². The Hall–Kier alpha value is -1.29. The van der Waals surface area contributed by atoms with Crippen molar-refractivity contribution in [3.63, 3.8) is 0 Å². The summed E-state index contributed by atoms with van der Waals surface area (Å²) in [5, 5.41) is 4.55. The maximum atomic E-state index is 6.14. The standard InChI is InChI=1S/C13H14BrN3/c1-17-13(15)11(12(16-17)8-5-6-8)9-3-2-4-10(14)7-9/h2-4,7-8H,5-6,15H2,1H3. The van der Waals surface area contributed by atoms with Crippen LogP contribution in [-0.2, 0) is 7.05 Å². The molecule has 1 saturated carbocycles. The van der Waals surface area contributed by atoms with Crippen LogP contribution in [0.25, 0.3) is 11.1 Å². The van der Waals surface area contributed by atoms with Gasteiger partial charge in [-0.1, -0.05) is 28.1 Å². The summed E-state index contributed by atoms with van der Waals surface area (Å²) in [4.78, 5) is 0. The first-order valence-electron chi connectivity index (χ1n) is 5.75. The van der Waals surface area contributed by atoms with Crippen molar-refractivity contribution < 1.29 is 0 Å². The number of hydrogen-bond donors (Lipinski definition) is 1. The maximum Gasteiger partial charge on any atom is 0.129 e. The molecule has 1 heterocycles. The van der Waals surface area contributed by atoms with E-state index in [1.54, 1.807) is 4.68 Å². The molecule has 88 valence electrons. The molecule has 0 unspecified atom stereocenters. The van der Waals surface area contributed by atoms with Crippen LogP contribution in [-0.4, -0.2) is 9.78 Å². The Labute approximate surface area is 109 Å². The Morgan fingerprint density at radius 2 is 2.18 bits per heavy atom. The minimum absolute atomic E-state index is 0.604.